The van der Waals surface area contributed by atoms with Gasteiger partial charge in [0.1, 0.15) is 6.33 Å². The van der Waals surface area contributed by atoms with Crippen molar-refractivity contribution in [2.75, 3.05) is 12.4 Å². The van der Waals surface area contributed by atoms with Crippen LogP contribution in [0.1, 0.15) is 13.3 Å². The molecule has 1 atom stereocenters. The van der Waals surface area contributed by atoms with Gasteiger partial charge in [-0.2, -0.15) is 5.10 Å². The molecule has 1 aromatic heterocycles. The lowest BCUT2D eigenvalue weighted by Gasteiger charge is -2.07. The quantitative estimate of drug-likeness (QED) is 0.537. The van der Waals surface area contributed by atoms with E-state index in [-0.39, 0.29) is 12.4 Å². The molecule has 1 rings (SSSR count). The summed E-state index contributed by atoms with van der Waals surface area (Å²) in [5, 5.41) is 16.4. The van der Waals surface area contributed by atoms with Crippen molar-refractivity contribution in [3.8, 4) is 0 Å². The monoisotopic (exact) mass is 231 g/mol. The van der Waals surface area contributed by atoms with Gasteiger partial charge in [-0.1, -0.05) is 11.8 Å². The third-order valence-corrected chi connectivity index (χ3v) is 2.53. The minimum Gasteiger partial charge on any atom is -0.466 e. The van der Waals surface area contributed by atoms with Crippen LogP contribution in [0.4, 0.5) is 0 Å². The molecular formula is C8H13N3O3S. The minimum atomic E-state index is -0.723. The summed E-state index contributed by atoms with van der Waals surface area (Å²) in [6, 6.07) is 0. The van der Waals surface area contributed by atoms with Crippen LogP contribution in [-0.4, -0.2) is 44.7 Å². The number of hydrogen-bond donors (Lipinski definition) is 2. The molecule has 0 bridgehead atoms. The number of ether oxygens (including phenoxy) is 1. The number of carbonyl (C=O) groups is 1. The average molecular weight is 231 g/mol. The summed E-state index contributed by atoms with van der Waals surface area (Å²) in [6.07, 6.45) is 0.675. The van der Waals surface area contributed by atoms with Crippen LogP contribution < -0.4 is 0 Å². The van der Waals surface area contributed by atoms with Crippen molar-refractivity contribution in [1.82, 2.24) is 15.2 Å². The summed E-state index contributed by atoms with van der Waals surface area (Å²) in [4.78, 5) is 14.9. The molecule has 15 heavy (non-hydrogen) atoms. The summed E-state index contributed by atoms with van der Waals surface area (Å²) < 4.78 is 4.71. The number of aromatic amines is 1. The van der Waals surface area contributed by atoms with Crippen LogP contribution in [0.5, 0.6) is 0 Å². The van der Waals surface area contributed by atoms with Gasteiger partial charge in [0, 0.05) is 5.75 Å². The number of carbonyl (C=O) groups excluding carboxylic acids is 1. The Balaban J connectivity index is 2.18. The van der Waals surface area contributed by atoms with Crippen LogP contribution in [0.15, 0.2) is 11.5 Å². The van der Waals surface area contributed by atoms with Crippen molar-refractivity contribution < 1.29 is 14.6 Å². The van der Waals surface area contributed by atoms with Crippen LogP contribution in [0.25, 0.3) is 0 Å². The molecular weight excluding hydrogens is 218 g/mol. The lowest BCUT2D eigenvalue weighted by molar-refractivity contribution is -0.144. The number of thioether (sulfide) groups is 1. The lowest BCUT2D eigenvalue weighted by Crippen LogP contribution is -2.17. The van der Waals surface area contributed by atoms with E-state index in [1.807, 2.05) is 0 Å². The molecule has 0 aliphatic rings. The molecule has 0 spiro atoms. The first-order valence-corrected chi connectivity index (χ1v) is 5.52. The molecule has 0 radical (unpaired) electrons. The number of nitrogens with zero attached hydrogens (tertiary/aromatic N) is 2. The third-order valence-electron chi connectivity index (χ3n) is 1.51. The lowest BCUT2D eigenvalue weighted by atomic mass is 10.3. The zero-order valence-corrected chi connectivity index (χ0v) is 9.16. The summed E-state index contributed by atoms with van der Waals surface area (Å²) in [5.74, 6) is -0.00301. The molecule has 0 aliphatic carbocycles. The van der Waals surface area contributed by atoms with E-state index in [9.17, 15) is 9.90 Å². The minimum absolute atomic E-state index is 0.00891. The van der Waals surface area contributed by atoms with E-state index in [2.05, 4.69) is 15.2 Å². The number of hydrogen-bond acceptors (Lipinski definition) is 6. The van der Waals surface area contributed by atoms with Crippen molar-refractivity contribution in [3.63, 3.8) is 0 Å². The molecule has 1 aromatic rings. The number of aliphatic hydroxyl groups excluding tert-OH is 1. The van der Waals surface area contributed by atoms with Gasteiger partial charge < -0.3 is 9.84 Å². The number of rotatable bonds is 6. The van der Waals surface area contributed by atoms with Crippen molar-refractivity contribution in [2.45, 2.75) is 24.6 Å². The number of H-pyrrole nitrogens is 1. The standard InChI is InChI=1S/C8H13N3O3S/c1-2-14-7(13)3-6(12)4-15-8-9-5-10-11-8/h5-6,12H,2-4H2,1H3,(H,9,10,11). The highest BCUT2D eigenvalue weighted by molar-refractivity contribution is 7.99. The second kappa shape index (κ2) is 6.41. The number of esters is 1. The normalized spacial score (nSPS) is 12.4. The molecule has 84 valence electrons. The fourth-order valence-corrected chi connectivity index (χ4v) is 1.62. The zero-order valence-electron chi connectivity index (χ0n) is 8.34. The molecule has 6 nitrogen and oxygen atoms in total. The molecule has 0 saturated heterocycles. The molecule has 1 heterocycles. The van der Waals surface area contributed by atoms with Gasteiger partial charge in [-0.3, -0.25) is 9.89 Å². The molecule has 0 fully saturated rings. The van der Waals surface area contributed by atoms with Crippen LogP contribution in [0.3, 0.4) is 0 Å². The Morgan fingerprint density at radius 1 is 1.80 bits per heavy atom. The molecule has 0 aliphatic heterocycles. The Labute approximate surface area is 91.4 Å². The topological polar surface area (TPSA) is 88.1 Å². The third kappa shape index (κ3) is 4.80. The van der Waals surface area contributed by atoms with Crippen molar-refractivity contribution in [1.29, 1.82) is 0 Å². The van der Waals surface area contributed by atoms with Crippen LogP contribution >= 0.6 is 11.8 Å². The van der Waals surface area contributed by atoms with Crippen LogP contribution in [-0.2, 0) is 9.53 Å². The molecule has 0 saturated carbocycles. The summed E-state index contributed by atoms with van der Waals surface area (Å²) >= 11 is 1.31. The molecule has 0 amide bonds. The van der Waals surface area contributed by atoms with Crippen LogP contribution in [0.2, 0.25) is 0 Å². The molecule has 7 heteroatoms. The zero-order chi connectivity index (χ0) is 11.1. The average Bonchev–Trinajstić information content (AvgIpc) is 2.67. The van der Waals surface area contributed by atoms with Crippen LogP contribution in [0, 0.1) is 0 Å². The Hall–Kier alpha value is -1.08. The maximum Gasteiger partial charge on any atom is 0.308 e. The van der Waals surface area contributed by atoms with E-state index in [1.54, 1.807) is 6.92 Å². The van der Waals surface area contributed by atoms with Gasteiger partial charge in [-0.05, 0) is 6.92 Å². The second-order valence-electron chi connectivity index (χ2n) is 2.76. The first kappa shape index (κ1) is 12.0. The maximum atomic E-state index is 11.0. The molecule has 1 unspecified atom stereocenters. The predicted molar refractivity (Wildman–Crippen MR) is 54.4 cm³/mol. The molecule has 0 aromatic carbocycles. The van der Waals surface area contributed by atoms with Gasteiger partial charge in [0.25, 0.3) is 0 Å². The van der Waals surface area contributed by atoms with Gasteiger partial charge in [0.15, 0.2) is 5.16 Å². The summed E-state index contributed by atoms with van der Waals surface area (Å²) in [7, 11) is 0. The van der Waals surface area contributed by atoms with Gasteiger partial charge in [0.05, 0.1) is 19.1 Å². The fraction of sp³-hybridized carbons (Fsp3) is 0.625. The number of nitrogens with one attached hydrogen (secondary N) is 1. The van der Waals surface area contributed by atoms with Crippen molar-refractivity contribution in [3.05, 3.63) is 6.33 Å². The Kier molecular flexibility index (Phi) is 5.13. The van der Waals surface area contributed by atoms with E-state index in [0.29, 0.717) is 17.5 Å². The summed E-state index contributed by atoms with van der Waals surface area (Å²) in [5.41, 5.74) is 0. The number of aliphatic hydroxyl groups is 1. The van der Waals surface area contributed by atoms with E-state index in [1.165, 1.54) is 18.1 Å². The van der Waals surface area contributed by atoms with Crippen molar-refractivity contribution in [2.24, 2.45) is 0 Å². The van der Waals surface area contributed by atoms with E-state index in [0.717, 1.165) is 0 Å². The number of aromatic nitrogens is 3. The summed E-state index contributed by atoms with van der Waals surface area (Å²) in [6.45, 7) is 2.06. The highest BCUT2D eigenvalue weighted by atomic mass is 32.2. The first-order chi connectivity index (χ1) is 7.22. The van der Waals surface area contributed by atoms with Gasteiger partial charge in [0.2, 0.25) is 0 Å². The first-order valence-electron chi connectivity index (χ1n) is 4.54. The molecule has 2 N–H and O–H groups in total. The Morgan fingerprint density at radius 3 is 3.20 bits per heavy atom. The largest absolute Gasteiger partial charge is 0.466 e. The van der Waals surface area contributed by atoms with Gasteiger partial charge >= 0.3 is 5.97 Å². The second-order valence-corrected chi connectivity index (χ2v) is 3.77. The predicted octanol–water partition coefficient (Wildman–Crippen LogP) is 0.211. The maximum absolute atomic E-state index is 11.0. The Morgan fingerprint density at radius 2 is 2.60 bits per heavy atom. The highest BCUT2D eigenvalue weighted by Gasteiger charge is 2.12. The SMILES string of the molecule is CCOC(=O)CC(O)CSc1ncn[nH]1. The van der Waals surface area contributed by atoms with E-state index in [4.69, 9.17) is 4.74 Å². The smallest absolute Gasteiger partial charge is 0.308 e. The Bertz CT molecular complexity index is 291. The van der Waals surface area contributed by atoms with E-state index >= 15 is 0 Å². The fourth-order valence-electron chi connectivity index (χ4n) is 0.910. The van der Waals surface area contributed by atoms with E-state index < -0.39 is 6.10 Å². The highest BCUT2D eigenvalue weighted by Crippen LogP contribution is 2.13. The van der Waals surface area contributed by atoms with Crippen molar-refractivity contribution >= 4 is 17.7 Å². The van der Waals surface area contributed by atoms with Gasteiger partial charge in [-0.15, -0.1) is 0 Å². The van der Waals surface area contributed by atoms with Gasteiger partial charge in [-0.25, -0.2) is 4.98 Å².